The van der Waals surface area contributed by atoms with Crippen LogP contribution in [0.5, 0.6) is 5.88 Å². The first kappa shape index (κ1) is 24.7. The summed E-state index contributed by atoms with van der Waals surface area (Å²) in [4.78, 5) is 8.38. The van der Waals surface area contributed by atoms with E-state index in [9.17, 15) is 0 Å². The summed E-state index contributed by atoms with van der Waals surface area (Å²) in [6.07, 6.45) is 14.2. The molecule has 6 heteroatoms. The average Bonchev–Trinajstić information content (AvgIpc) is 3.49. The largest absolute Gasteiger partial charge is 0.475 e. The Balaban J connectivity index is 0.000000224. The molecule has 3 N–H and O–H groups in total. The first-order valence-corrected chi connectivity index (χ1v) is 11.4. The number of hydrogen-bond donors (Lipinski definition) is 2. The maximum atomic E-state index is 5.85. The predicted molar refractivity (Wildman–Crippen MR) is 127 cm³/mol. The van der Waals surface area contributed by atoms with Crippen LogP contribution < -0.4 is 15.8 Å². The van der Waals surface area contributed by atoms with Gasteiger partial charge in [0.2, 0.25) is 11.8 Å². The Morgan fingerprint density at radius 1 is 1.23 bits per heavy atom. The lowest BCUT2D eigenvalue weighted by Crippen LogP contribution is -2.15. The molecule has 0 aromatic carbocycles. The molecule has 2 saturated carbocycles. The SMILES string of the molecule is CC#CNC/C(C)=C/C(=NC)OC1CCCC1.NCc1cccnc1OC1CCCC1. The van der Waals surface area contributed by atoms with Crippen molar-refractivity contribution >= 4 is 5.90 Å². The summed E-state index contributed by atoms with van der Waals surface area (Å²) in [5.74, 6) is 4.26. The first-order valence-electron chi connectivity index (χ1n) is 11.4. The quantitative estimate of drug-likeness (QED) is 0.293. The van der Waals surface area contributed by atoms with Gasteiger partial charge in [-0.05, 0) is 76.9 Å². The van der Waals surface area contributed by atoms with Gasteiger partial charge >= 0.3 is 0 Å². The van der Waals surface area contributed by atoms with Gasteiger partial charge in [0.05, 0.1) is 0 Å². The van der Waals surface area contributed by atoms with E-state index in [0.717, 1.165) is 49.6 Å². The molecule has 0 atom stereocenters. The van der Waals surface area contributed by atoms with Crippen LogP contribution in [0.4, 0.5) is 0 Å². The van der Waals surface area contributed by atoms with Gasteiger partial charge in [-0.3, -0.25) is 4.99 Å². The molecule has 170 valence electrons. The topological polar surface area (TPSA) is 81.8 Å². The molecule has 0 aliphatic heterocycles. The normalized spacial score (nSPS) is 17.4. The minimum absolute atomic E-state index is 0.357. The van der Waals surface area contributed by atoms with Crippen molar-refractivity contribution in [2.75, 3.05) is 13.6 Å². The molecule has 0 saturated heterocycles. The molecule has 0 bridgehead atoms. The van der Waals surface area contributed by atoms with Gasteiger partial charge in [0, 0.05) is 44.0 Å². The number of nitrogens with one attached hydrogen (secondary N) is 1. The Bertz CT molecular complexity index is 767. The number of aliphatic imine (C=N–C) groups is 1. The predicted octanol–water partition coefficient (Wildman–Crippen LogP) is 4.35. The Kier molecular flexibility index (Phi) is 11.6. The molecule has 0 spiro atoms. The highest BCUT2D eigenvalue weighted by Gasteiger charge is 2.18. The van der Waals surface area contributed by atoms with E-state index in [1.165, 1.54) is 31.3 Å². The van der Waals surface area contributed by atoms with Gasteiger partial charge in [-0.1, -0.05) is 12.0 Å². The molecular formula is C25H38N4O2. The van der Waals surface area contributed by atoms with Crippen molar-refractivity contribution in [2.24, 2.45) is 10.7 Å². The average molecular weight is 427 g/mol. The van der Waals surface area contributed by atoms with E-state index in [0.29, 0.717) is 18.8 Å². The summed E-state index contributed by atoms with van der Waals surface area (Å²) >= 11 is 0. The van der Waals surface area contributed by atoms with Crippen LogP contribution in [0.2, 0.25) is 0 Å². The van der Waals surface area contributed by atoms with Gasteiger partial charge in [-0.25, -0.2) is 4.98 Å². The van der Waals surface area contributed by atoms with Crippen LogP contribution in [0.15, 0.2) is 35.0 Å². The summed E-state index contributed by atoms with van der Waals surface area (Å²) < 4.78 is 11.7. The van der Waals surface area contributed by atoms with Gasteiger partial charge in [0.1, 0.15) is 12.2 Å². The molecule has 1 heterocycles. The second-order valence-electron chi connectivity index (χ2n) is 8.00. The zero-order valence-electron chi connectivity index (χ0n) is 19.3. The van der Waals surface area contributed by atoms with E-state index in [1.54, 1.807) is 13.2 Å². The van der Waals surface area contributed by atoms with Gasteiger partial charge in [0.15, 0.2) is 0 Å². The highest BCUT2D eigenvalue weighted by molar-refractivity contribution is 5.88. The lowest BCUT2D eigenvalue weighted by Gasteiger charge is -2.14. The van der Waals surface area contributed by atoms with Crippen LogP contribution in [0.25, 0.3) is 0 Å². The Labute approximate surface area is 187 Å². The molecule has 1 aromatic rings. The number of nitrogens with two attached hydrogens (primary N) is 1. The molecule has 1 aromatic heterocycles. The summed E-state index contributed by atoms with van der Waals surface area (Å²) in [5, 5.41) is 3.02. The first-order chi connectivity index (χ1) is 15.2. The van der Waals surface area contributed by atoms with E-state index < -0.39 is 0 Å². The third-order valence-corrected chi connectivity index (χ3v) is 5.41. The highest BCUT2D eigenvalue weighted by atomic mass is 16.5. The van der Waals surface area contributed by atoms with Crippen molar-refractivity contribution in [3.63, 3.8) is 0 Å². The van der Waals surface area contributed by atoms with E-state index in [4.69, 9.17) is 15.2 Å². The lowest BCUT2D eigenvalue weighted by atomic mass is 10.2. The third kappa shape index (κ3) is 9.44. The molecule has 0 amide bonds. The molecule has 0 radical (unpaired) electrons. The molecule has 6 nitrogen and oxygen atoms in total. The Morgan fingerprint density at radius 3 is 2.52 bits per heavy atom. The van der Waals surface area contributed by atoms with E-state index in [1.807, 2.05) is 32.1 Å². The smallest absolute Gasteiger partial charge is 0.218 e. The fraction of sp³-hybridized carbons (Fsp3) is 0.600. The fourth-order valence-electron chi connectivity index (χ4n) is 3.71. The number of ether oxygens (including phenoxy) is 2. The molecular weight excluding hydrogens is 388 g/mol. The highest BCUT2D eigenvalue weighted by Crippen LogP contribution is 2.24. The Hall–Kier alpha value is -2.52. The summed E-state index contributed by atoms with van der Waals surface area (Å²) in [6, 6.07) is 6.68. The monoisotopic (exact) mass is 426 g/mol. The summed E-state index contributed by atoms with van der Waals surface area (Å²) in [7, 11) is 1.77. The van der Waals surface area contributed by atoms with Crippen LogP contribution in [-0.2, 0) is 11.3 Å². The maximum Gasteiger partial charge on any atom is 0.218 e. The number of nitrogens with zero attached hydrogens (tertiary/aromatic N) is 2. The second kappa shape index (κ2) is 14.5. The van der Waals surface area contributed by atoms with Gasteiger partial charge in [-0.15, -0.1) is 0 Å². The number of aromatic nitrogens is 1. The molecule has 31 heavy (non-hydrogen) atoms. The molecule has 2 aliphatic rings. The molecule has 0 unspecified atom stereocenters. The van der Waals surface area contributed by atoms with Crippen LogP contribution in [-0.4, -0.2) is 36.7 Å². The van der Waals surface area contributed by atoms with Crippen LogP contribution in [0.3, 0.4) is 0 Å². The standard InChI is InChI=1S/C14H22N2O.C11H16N2O/c1-4-9-16-11-12(2)10-14(15-3)17-13-7-5-6-8-13;12-8-9-4-3-7-13-11(9)14-10-5-1-2-6-10/h10,13,16H,5-8,11H2,1-3H3;3-4,7,10H,1-2,5-6,8,12H2/b12-10+,15-14?;. The molecule has 2 fully saturated rings. The van der Waals surface area contributed by atoms with Crippen molar-refractivity contribution in [3.8, 4) is 17.8 Å². The van der Waals surface area contributed by atoms with Crippen LogP contribution in [0.1, 0.15) is 70.8 Å². The maximum absolute atomic E-state index is 5.85. The van der Waals surface area contributed by atoms with Gasteiger partial charge in [0.25, 0.3) is 0 Å². The van der Waals surface area contributed by atoms with E-state index in [2.05, 4.69) is 27.3 Å². The van der Waals surface area contributed by atoms with Crippen molar-refractivity contribution in [3.05, 3.63) is 35.5 Å². The van der Waals surface area contributed by atoms with Crippen LogP contribution >= 0.6 is 0 Å². The fourth-order valence-corrected chi connectivity index (χ4v) is 3.71. The number of hydrogen-bond acceptors (Lipinski definition) is 6. The van der Waals surface area contributed by atoms with Crippen LogP contribution in [0, 0.1) is 12.0 Å². The zero-order valence-corrected chi connectivity index (χ0v) is 19.3. The molecule has 3 rings (SSSR count). The summed E-state index contributed by atoms with van der Waals surface area (Å²) in [5.41, 5.74) is 7.78. The Morgan fingerprint density at radius 2 is 1.90 bits per heavy atom. The minimum Gasteiger partial charge on any atom is -0.475 e. The number of pyridine rings is 1. The molecule has 2 aliphatic carbocycles. The van der Waals surface area contributed by atoms with Crippen molar-refractivity contribution in [2.45, 2.75) is 84.0 Å². The number of rotatable bonds is 7. The van der Waals surface area contributed by atoms with E-state index >= 15 is 0 Å². The second-order valence-corrected chi connectivity index (χ2v) is 8.00. The van der Waals surface area contributed by atoms with Gasteiger partial charge in [-0.2, -0.15) is 0 Å². The lowest BCUT2D eigenvalue weighted by molar-refractivity contribution is 0.198. The zero-order chi connectivity index (χ0) is 22.3. The van der Waals surface area contributed by atoms with Crippen molar-refractivity contribution in [1.82, 2.24) is 10.3 Å². The van der Waals surface area contributed by atoms with Crippen molar-refractivity contribution < 1.29 is 9.47 Å². The summed E-state index contributed by atoms with van der Waals surface area (Å²) in [6.45, 7) is 5.10. The van der Waals surface area contributed by atoms with Crippen molar-refractivity contribution in [1.29, 1.82) is 0 Å². The third-order valence-electron chi connectivity index (χ3n) is 5.41. The minimum atomic E-state index is 0.357. The van der Waals surface area contributed by atoms with E-state index in [-0.39, 0.29) is 0 Å². The van der Waals surface area contributed by atoms with Gasteiger partial charge < -0.3 is 20.5 Å².